The molecule has 0 saturated carbocycles. The van der Waals surface area contributed by atoms with E-state index in [0.717, 1.165) is 16.8 Å². The zero-order chi connectivity index (χ0) is 13.2. The zero-order valence-corrected chi connectivity index (χ0v) is 11.9. The number of nitrogens with one attached hydrogen (secondary N) is 1. The fraction of sp³-hybridized carbons (Fsp3) is 0.500. The summed E-state index contributed by atoms with van der Waals surface area (Å²) in [6.07, 6.45) is 0. The maximum atomic E-state index is 11.3. The van der Waals surface area contributed by atoms with E-state index >= 15 is 0 Å². The molecule has 0 atom stereocenters. The second-order valence-electron chi connectivity index (χ2n) is 5.42. The average Bonchev–Trinajstić information content (AvgIpc) is 2.21. The number of hydrogen-bond acceptors (Lipinski definition) is 1. The topological polar surface area (TPSA) is 29.1 Å². The lowest BCUT2D eigenvalue weighted by molar-refractivity contribution is -0.113. The highest BCUT2D eigenvalue weighted by molar-refractivity contribution is 6.29. The molecule has 1 N–H and O–H groups in total. The van der Waals surface area contributed by atoms with Crippen LogP contribution in [0, 0.1) is 13.8 Å². The van der Waals surface area contributed by atoms with Crippen molar-refractivity contribution in [3.05, 3.63) is 28.8 Å². The Morgan fingerprint density at radius 2 is 1.71 bits per heavy atom. The van der Waals surface area contributed by atoms with E-state index in [1.807, 2.05) is 13.8 Å². The third-order valence-corrected chi connectivity index (χ3v) is 3.03. The van der Waals surface area contributed by atoms with Crippen molar-refractivity contribution in [3.8, 4) is 0 Å². The van der Waals surface area contributed by atoms with Gasteiger partial charge in [-0.2, -0.15) is 0 Å². The standard InChI is InChI=1S/C14H20ClNO/c1-9-6-11(14(3,4)5)7-10(2)13(9)16-12(17)8-15/h6-7H,8H2,1-5H3,(H,16,17). The predicted octanol–water partition coefficient (Wildman–Crippen LogP) is 3.78. The van der Waals surface area contributed by atoms with E-state index in [2.05, 4.69) is 38.2 Å². The zero-order valence-electron chi connectivity index (χ0n) is 11.1. The Balaban J connectivity index is 3.15. The molecule has 1 rings (SSSR count). The number of halogens is 1. The molecule has 0 aromatic heterocycles. The Morgan fingerprint density at radius 1 is 1.24 bits per heavy atom. The number of anilines is 1. The van der Waals surface area contributed by atoms with Crippen molar-refractivity contribution in [2.75, 3.05) is 11.2 Å². The number of hydrogen-bond donors (Lipinski definition) is 1. The molecule has 0 radical (unpaired) electrons. The van der Waals surface area contributed by atoms with Crippen LogP contribution in [0.25, 0.3) is 0 Å². The monoisotopic (exact) mass is 253 g/mol. The van der Waals surface area contributed by atoms with Crippen molar-refractivity contribution < 1.29 is 4.79 Å². The quantitative estimate of drug-likeness (QED) is 0.799. The van der Waals surface area contributed by atoms with Gasteiger partial charge in [-0.15, -0.1) is 11.6 Å². The summed E-state index contributed by atoms with van der Waals surface area (Å²) in [5, 5.41) is 2.84. The van der Waals surface area contributed by atoms with Gasteiger partial charge in [0.1, 0.15) is 5.88 Å². The van der Waals surface area contributed by atoms with Crippen LogP contribution in [0.15, 0.2) is 12.1 Å². The molecule has 0 aliphatic heterocycles. The fourth-order valence-corrected chi connectivity index (χ4v) is 1.83. The molecule has 0 aliphatic carbocycles. The summed E-state index contributed by atoms with van der Waals surface area (Å²) in [4.78, 5) is 11.3. The molecule has 0 aliphatic rings. The summed E-state index contributed by atoms with van der Waals surface area (Å²) < 4.78 is 0. The molecule has 1 aromatic rings. The van der Waals surface area contributed by atoms with E-state index in [1.165, 1.54) is 5.56 Å². The second kappa shape index (κ2) is 5.09. The molecular weight excluding hydrogens is 234 g/mol. The van der Waals surface area contributed by atoms with Crippen LogP contribution in [-0.4, -0.2) is 11.8 Å². The summed E-state index contributed by atoms with van der Waals surface area (Å²) in [6, 6.07) is 4.24. The van der Waals surface area contributed by atoms with E-state index in [0.29, 0.717) is 0 Å². The molecule has 0 unspecified atom stereocenters. The number of carbonyl (C=O) groups is 1. The first-order chi connectivity index (χ1) is 7.75. The minimum absolute atomic E-state index is 0.0140. The molecule has 2 nitrogen and oxygen atoms in total. The van der Waals surface area contributed by atoms with Crippen LogP contribution in [0.4, 0.5) is 5.69 Å². The molecule has 1 aromatic carbocycles. The third-order valence-electron chi connectivity index (χ3n) is 2.78. The SMILES string of the molecule is Cc1cc(C(C)(C)C)cc(C)c1NC(=O)CCl. The van der Waals surface area contributed by atoms with E-state index in [9.17, 15) is 4.79 Å². The smallest absolute Gasteiger partial charge is 0.239 e. The molecule has 1 amide bonds. The maximum Gasteiger partial charge on any atom is 0.239 e. The Hall–Kier alpha value is -1.02. The Bertz CT molecular complexity index is 409. The maximum absolute atomic E-state index is 11.3. The lowest BCUT2D eigenvalue weighted by atomic mass is 9.85. The number of benzene rings is 1. The van der Waals surface area contributed by atoms with Crippen LogP contribution >= 0.6 is 11.6 Å². The highest BCUT2D eigenvalue weighted by Gasteiger charge is 2.16. The van der Waals surface area contributed by atoms with Gasteiger partial charge in [0.15, 0.2) is 0 Å². The lowest BCUT2D eigenvalue weighted by Gasteiger charge is -2.22. The lowest BCUT2D eigenvalue weighted by Crippen LogP contribution is -2.16. The largest absolute Gasteiger partial charge is 0.325 e. The van der Waals surface area contributed by atoms with Crippen LogP contribution in [0.2, 0.25) is 0 Å². The van der Waals surface area contributed by atoms with Gasteiger partial charge in [-0.3, -0.25) is 4.79 Å². The van der Waals surface area contributed by atoms with Crippen molar-refractivity contribution in [2.45, 2.75) is 40.0 Å². The van der Waals surface area contributed by atoms with E-state index in [1.54, 1.807) is 0 Å². The summed E-state index contributed by atoms with van der Waals surface area (Å²) in [7, 11) is 0. The summed E-state index contributed by atoms with van der Waals surface area (Å²) >= 11 is 5.50. The normalized spacial score (nSPS) is 11.4. The minimum atomic E-state index is -0.165. The Labute approximate surface area is 108 Å². The van der Waals surface area contributed by atoms with Gasteiger partial charge in [0.2, 0.25) is 5.91 Å². The van der Waals surface area contributed by atoms with Crippen LogP contribution in [0.5, 0.6) is 0 Å². The number of amides is 1. The van der Waals surface area contributed by atoms with Gasteiger partial charge in [-0.1, -0.05) is 32.9 Å². The van der Waals surface area contributed by atoms with Crippen molar-refractivity contribution in [1.29, 1.82) is 0 Å². The average molecular weight is 254 g/mol. The number of carbonyl (C=O) groups excluding carboxylic acids is 1. The van der Waals surface area contributed by atoms with Crippen LogP contribution in [0.1, 0.15) is 37.5 Å². The van der Waals surface area contributed by atoms with Crippen LogP contribution < -0.4 is 5.32 Å². The van der Waals surface area contributed by atoms with Gasteiger partial charge in [-0.25, -0.2) is 0 Å². The molecule has 17 heavy (non-hydrogen) atoms. The molecule has 0 heterocycles. The van der Waals surface area contributed by atoms with E-state index < -0.39 is 0 Å². The first kappa shape index (κ1) is 14.0. The van der Waals surface area contributed by atoms with E-state index in [4.69, 9.17) is 11.6 Å². The summed E-state index contributed by atoms with van der Waals surface area (Å²) in [5.41, 5.74) is 4.42. The molecule has 3 heteroatoms. The third kappa shape index (κ3) is 3.47. The highest BCUT2D eigenvalue weighted by atomic mass is 35.5. The van der Waals surface area contributed by atoms with Crippen LogP contribution in [0.3, 0.4) is 0 Å². The van der Waals surface area contributed by atoms with Crippen molar-refractivity contribution in [1.82, 2.24) is 0 Å². The predicted molar refractivity (Wildman–Crippen MR) is 74.0 cm³/mol. The van der Waals surface area contributed by atoms with Gasteiger partial charge < -0.3 is 5.32 Å². The summed E-state index contributed by atoms with van der Waals surface area (Å²) in [5.74, 6) is -0.179. The molecule has 0 bridgehead atoms. The molecular formula is C14H20ClNO. The van der Waals surface area contributed by atoms with Crippen molar-refractivity contribution >= 4 is 23.2 Å². The first-order valence-electron chi connectivity index (χ1n) is 5.73. The second-order valence-corrected chi connectivity index (χ2v) is 5.68. The molecule has 0 fully saturated rings. The Morgan fingerprint density at radius 3 is 2.06 bits per heavy atom. The van der Waals surface area contributed by atoms with Crippen molar-refractivity contribution in [2.24, 2.45) is 0 Å². The van der Waals surface area contributed by atoms with Gasteiger partial charge in [0.25, 0.3) is 0 Å². The van der Waals surface area contributed by atoms with Crippen LogP contribution in [-0.2, 0) is 10.2 Å². The minimum Gasteiger partial charge on any atom is -0.325 e. The number of rotatable bonds is 2. The first-order valence-corrected chi connectivity index (χ1v) is 6.26. The van der Waals surface area contributed by atoms with Gasteiger partial charge in [0.05, 0.1) is 0 Å². The summed E-state index contributed by atoms with van der Waals surface area (Å²) in [6.45, 7) is 10.5. The van der Waals surface area contributed by atoms with E-state index in [-0.39, 0.29) is 17.2 Å². The van der Waals surface area contributed by atoms with Gasteiger partial charge in [-0.05, 0) is 36.0 Å². The Kier molecular flexibility index (Phi) is 4.21. The van der Waals surface area contributed by atoms with Gasteiger partial charge >= 0.3 is 0 Å². The molecule has 0 saturated heterocycles. The van der Waals surface area contributed by atoms with Gasteiger partial charge in [0, 0.05) is 5.69 Å². The van der Waals surface area contributed by atoms with Crippen molar-refractivity contribution in [3.63, 3.8) is 0 Å². The number of alkyl halides is 1. The fourth-order valence-electron chi connectivity index (χ4n) is 1.77. The molecule has 0 spiro atoms. The highest BCUT2D eigenvalue weighted by Crippen LogP contribution is 2.29. The molecule has 94 valence electrons. The number of aryl methyl sites for hydroxylation is 2.